The van der Waals surface area contributed by atoms with Gasteiger partial charge in [-0.25, -0.2) is 4.98 Å². The topological polar surface area (TPSA) is 40.7 Å². The number of pyridine rings is 1. The van der Waals surface area contributed by atoms with Crippen LogP contribution >= 0.6 is 0 Å². The van der Waals surface area contributed by atoms with Gasteiger partial charge in [0.1, 0.15) is 18.1 Å². The molecule has 0 aliphatic carbocycles. The molecule has 3 heterocycles. The fraction of sp³-hybridized carbons (Fsp3) is 0.615. The third-order valence-electron chi connectivity index (χ3n) is 3.47. The van der Waals surface area contributed by atoms with Gasteiger partial charge >= 0.3 is 0 Å². The highest BCUT2D eigenvalue weighted by Crippen LogP contribution is 2.25. The lowest BCUT2D eigenvalue weighted by Crippen LogP contribution is -2.31. The van der Waals surface area contributed by atoms with Crippen molar-refractivity contribution in [2.24, 2.45) is 0 Å². The number of fused-ring (bicyclic) bond motifs is 1. The van der Waals surface area contributed by atoms with E-state index in [1.807, 2.05) is 6.20 Å². The standard InChI is InChI=1S/C13H19N3O/c1-9(2)10-3-4-12(15-7-10)16-6-5-14-13-11(8-16)17-13/h3-4,7,9,11,13-14H,5-6,8H2,1-2H3. The van der Waals surface area contributed by atoms with E-state index in [4.69, 9.17) is 4.74 Å². The smallest absolute Gasteiger partial charge is 0.137 e. The summed E-state index contributed by atoms with van der Waals surface area (Å²) in [6, 6.07) is 4.30. The summed E-state index contributed by atoms with van der Waals surface area (Å²) in [6.45, 7) is 7.30. The fourth-order valence-electron chi connectivity index (χ4n) is 2.25. The zero-order valence-corrected chi connectivity index (χ0v) is 10.4. The van der Waals surface area contributed by atoms with Crippen LogP contribution in [0.25, 0.3) is 0 Å². The summed E-state index contributed by atoms with van der Waals surface area (Å²) in [7, 11) is 0. The van der Waals surface area contributed by atoms with Crippen LogP contribution in [0.2, 0.25) is 0 Å². The summed E-state index contributed by atoms with van der Waals surface area (Å²) in [5, 5.41) is 3.36. The van der Waals surface area contributed by atoms with Gasteiger partial charge in [0, 0.05) is 25.8 Å². The number of epoxide rings is 1. The lowest BCUT2D eigenvalue weighted by molar-refractivity contribution is 0.336. The van der Waals surface area contributed by atoms with Gasteiger partial charge in [-0.3, -0.25) is 5.32 Å². The number of aromatic nitrogens is 1. The Balaban J connectivity index is 1.74. The van der Waals surface area contributed by atoms with Gasteiger partial charge in [-0.15, -0.1) is 0 Å². The second-order valence-corrected chi connectivity index (χ2v) is 5.10. The molecule has 0 radical (unpaired) electrons. The SMILES string of the molecule is CC(C)c1ccc(N2CCNC3OC3C2)nc1. The molecular formula is C13H19N3O. The molecule has 0 spiro atoms. The van der Waals surface area contributed by atoms with Crippen molar-refractivity contribution >= 4 is 5.82 Å². The molecule has 2 unspecified atom stereocenters. The Morgan fingerprint density at radius 2 is 2.35 bits per heavy atom. The number of nitrogens with one attached hydrogen (secondary N) is 1. The fourth-order valence-corrected chi connectivity index (χ4v) is 2.25. The Bertz CT molecular complexity index is 390. The zero-order valence-electron chi connectivity index (χ0n) is 10.4. The number of hydrogen-bond donors (Lipinski definition) is 1. The second-order valence-electron chi connectivity index (χ2n) is 5.10. The maximum atomic E-state index is 5.49. The molecule has 17 heavy (non-hydrogen) atoms. The quantitative estimate of drug-likeness (QED) is 0.783. The maximum Gasteiger partial charge on any atom is 0.137 e. The molecule has 1 aromatic heterocycles. The van der Waals surface area contributed by atoms with Gasteiger partial charge in [0.05, 0.1) is 0 Å². The average molecular weight is 233 g/mol. The molecule has 3 rings (SSSR count). The predicted octanol–water partition coefficient (Wildman–Crippen LogP) is 1.34. The lowest BCUT2D eigenvalue weighted by Gasteiger charge is -2.21. The minimum atomic E-state index is 0.287. The van der Waals surface area contributed by atoms with Crippen molar-refractivity contribution in [3.05, 3.63) is 23.9 Å². The van der Waals surface area contributed by atoms with E-state index in [0.29, 0.717) is 12.0 Å². The first-order valence-electron chi connectivity index (χ1n) is 6.34. The first kappa shape index (κ1) is 11.0. The van der Waals surface area contributed by atoms with E-state index in [9.17, 15) is 0 Å². The van der Waals surface area contributed by atoms with Gasteiger partial charge in [0.2, 0.25) is 0 Å². The Morgan fingerprint density at radius 3 is 3.06 bits per heavy atom. The molecule has 2 atom stereocenters. The molecule has 2 fully saturated rings. The van der Waals surface area contributed by atoms with Crippen molar-refractivity contribution in [1.82, 2.24) is 10.3 Å². The lowest BCUT2D eigenvalue weighted by atomic mass is 10.1. The van der Waals surface area contributed by atoms with Gasteiger partial charge in [-0.1, -0.05) is 19.9 Å². The molecule has 0 bridgehead atoms. The molecule has 4 heteroatoms. The predicted molar refractivity (Wildman–Crippen MR) is 67.2 cm³/mol. The molecule has 1 aromatic rings. The first-order chi connectivity index (χ1) is 8.24. The average Bonchev–Trinajstić information content (AvgIpc) is 3.06. The summed E-state index contributed by atoms with van der Waals surface area (Å²) in [4.78, 5) is 6.86. The number of rotatable bonds is 2. The van der Waals surface area contributed by atoms with Crippen LogP contribution in [-0.2, 0) is 4.74 Å². The summed E-state index contributed by atoms with van der Waals surface area (Å²) >= 11 is 0. The van der Waals surface area contributed by atoms with Gasteiger partial charge < -0.3 is 9.64 Å². The van der Waals surface area contributed by atoms with Crippen LogP contribution in [0, 0.1) is 0 Å². The van der Waals surface area contributed by atoms with E-state index in [2.05, 4.69) is 41.2 Å². The summed E-state index contributed by atoms with van der Waals surface area (Å²) in [6.07, 6.45) is 2.63. The van der Waals surface area contributed by atoms with Crippen molar-refractivity contribution in [3.8, 4) is 0 Å². The van der Waals surface area contributed by atoms with Crippen molar-refractivity contribution in [2.45, 2.75) is 32.1 Å². The van der Waals surface area contributed by atoms with Crippen LogP contribution in [0.15, 0.2) is 18.3 Å². The van der Waals surface area contributed by atoms with Crippen LogP contribution in [0.1, 0.15) is 25.3 Å². The number of hydrogen-bond acceptors (Lipinski definition) is 4. The second kappa shape index (κ2) is 4.27. The largest absolute Gasteiger partial charge is 0.353 e. The normalized spacial score (nSPS) is 27.8. The molecule has 4 nitrogen and oxygen atoms in total. The Morgan fingerprint density at radius 1 is 1.47 bits per heavy atom. The highest BCUT2D eigenvalue weighted by atomic mass is 16.6. The molecule has 2 saturated heterocycles. The minimum Gasteiger partial charge on any atom is -0.353 e. The van der Waals surface area contributed by atoms with E-state index in [1.54, 1.807) is 0 Å². The van der Waals surface area contributed by atoms with Gasteiger partial charge in [0.15, 0.2) is 0 Å². The zero-order chi connectivity index (χ0) is 11.8. The van der Waals surface area contributed by atoms with Crippen LogP contribution in [0.5, 0.6) is 0 Å². The maximum absolute atomic E-state index is 5.49. The highest BCUT2D eigenvalue weighted by Gasteiger charge is 2.41. The molecule has 92 valence electrons. The minimum absolute atomic E-state index is 0.287. The molecule has 1 N–H and O–H groups in total. The van der Waals surface area contributed by atoms with Crippen LogP contribution in [0.4, 0.5) is 5.82 Å². The van der Waals surface area contributed by atoms with Crippen LogP contribution < -0.4 is 10.2 Å². The Labute approximate surface area is 102 Å². The molecule has 0 aromatic carbocycles. The van der Waals surface area contributed by atoms with Crippen molar-refractivity contribution < 1.29 is 4.74 Å². The van der Waals surface area contributed by atoms with E-state index in [0.717, 1.165) is 25.5 Å². The van der Waals surface area contributed by atoms with Crippen LogP contribution in [-0.4, -0.2) is 37.0 Å². The third-order valence-corrected chi connectivity index (χ3v) is 3.47. The van der Waals surface area contributed by atoms with Crippen molar-refractivity contribution in [2.75, 3.05) is 24.5 Å². The van der Waals surface area contributed by atoms with Gasteiger partial charge in [0.25, 0.3) is 0 Å². The monoisotopic (exact) mass is 233 g/mol. The number of anilines is 1. The van der Waals surface area contributed by atoms with Gasteiger partial charge in [-0.05, 0) is 17.5 Å². The molecule has 2 aliphatic heterocycles. The van der Waals surface area contributed by atoms with Crippen molar-refractivity contribution in [1.29, 1.82) is 0 Å². The molecular weight excluding hydrogens is 214 g/mol. The van der Waals surface area contributed by atoms with E-state index >= 15 is 0 Å². The third kappa shape index (κ3) is 2.28. The molecule has 0 amide bonds. The number of ether oxygens (including phenoxy) is 1. The van der Waals surface area contributed by atoms with Gasteiger partial charge in [-0.2, -0.15) is 0 Å². The van der Waals surface area contributed by atoms with E-state index < -0.39 is 0 Å². The Hall–Kier alpha value is -1.13. The highest BCUT2D eigenvalue weighted by molar-refractivity contribution is 5.40. The summed E-state index contributed by atoms with van der Waals surface area (Å²) in [5.41, 5.74) is 1.29. The Kier molecular flexibility index (Phi) is 2.76. The van der Waals surface area contributed by atoms with E-state index in [1.165, 1.54) is 5.56 Å². The van der Waals surface area contributed by atoms with E-state index in [-0.39, 0.29) is 6.23 Å². The van der Waals surface area contributed by atoms with Crippen LogP contribution in [0.3, 0.4) is 0 Å². The summed E-state index contributed by atoms with van der Waals surface area (Å²) in [5.74, 6) is 1.60. The summed E-state index contributed by atoms with van der Waals surface area (Å²) < 4.78 is 5.49. The molecule has 2 aliphatic rings. The first-order valence-corrected chi connectivity index (χ1v) is 6.34. The van der Waals surface area contributed by atoms with Crippen molar-refractivity contribution in [3.63, 3.8) is 0 Å². The molecule has 0 saturated carbocycles. The number of nitrogens with zero attached hydrogens (tertiary/aromatic N) is 2.